The molecule has 2 amide bonds. The average molecular weight is 927 g/mol. The first-order valence-corrected chi connectivity index (χ1v) is 27.0. The van der Waals surface area contributed by atoms with Crippen LogP contribution < -0.4 is 10.6 Å². The molecule has 8 rings (SSSR count). The molecule has 0 aliphatic heterocycles. The lowest BCUT2D eigenvalue weighted by molar-refractivity contribution is -0.207. The van der Waals surface area contributed by atoms with Crippen LogP contribution in [0.1, 0.15) is 176 Å². The molecule has 12 nitrogen and oxygen atoms in total. The van der Waals surface area contributed by atoms with Crippen LogP contribution in [0.4, 0.5) is 0 Å². The van der Waals surface area contributed by atoms with Crippen LogP contribution in [-0.4, -0.2) is 103 Å². The highest BCUT2D eigenvalue weighted by Crippen LogP contribution is 2.70. The number of unbranched alkanes of at least 4 members (excludes halogenated alkanes) is 1. The van der Waals surface area contributed by atoms with Crippen LogP contribution in [0.15, 0.2) is 0 Å². The van der Waals surface area contributed by atoms with Crippen molar-refractivity contribution in [3.8, 4) is 0 Å². The monoisotopic (exact) mass is 927 g/mol. The minimum atomic E-state index is -1.07. The summed E-state index contributed by atoms with van der Waals surface area (Å²) in [5, 5.41) is 83.8. The van der Waals surface area contributed by atoms with Crippen molar-refractivity contribution in [1.29, 1.82) is 0 Å². The van der Waals surface area contributed by atoms with Gasteiger partial charge in [0.15, 0.2) is 0 Å². The summed E-state index contributed by atoms with van der Waals surface area (Å²) in [5.74, 6) is 1.21. The van der Waals surface area contributed by atoms with E-state index in [0.29, 0.717) is 57.9 Å². The van der Waals surface area contributed by atoms with E-state index in [4.69, 9.17) is 0 Å². The van der Waals surface area contributed by atoms with Crippen molar-refractivity contribution >= 4 is 17.8 Å². The number of rotatable bonds is 15. The molecule has 0 unspecified atom stereocenters. The first-order valence-electron chi connectivity index (χ1n) is 27.0. The molecule has 9 N–H and O–H groups in total. The van der Waals surface area contributed by atoms with Crippen molar-refractivity contribution in [3.05, 3.63) is 0 Å². The zero-order valence-corrected chi connectivity index (χ0v) is 41.4. The van der Waals surface area contributed by atoms with Gasteiger partial charge in [-0.05, 0) is 215 Å². The summed E-state index contributed by atoms with van der Waals surface area (Å²) < 4.78 is 0. The predicted octanol–water partition coefficient (Wildman–Crippen LogP) is 6.60. The highest BCUT2D eigenvalue weighted by atomic mass is 16.4. The molecule has 0 saturated heterocycles. The van der Waals surface area contributed by atoms with Gasteiger partial charge in [0.25, 0.3) is 0 Å². The molecule has 23 atom stereocenters. The second kappa shape index (κ2) is 19.4. The van der Waals surface area contributed by atoms with E-state index < -0.39 is 36.4 Å². The van der Waals surface area contributed by atoms with E-state index in [-0.39, 0.29) is 130 Å². The Hall–Kier alpha value is -1.83. The van der Waals surface area contributed by atoms with Crippen LogP contribution in [-0.2, 0) is 14.4 Å². The Morgan fingerprint density at radius 2 is 1.02 bits per heavy atom. The number of hydrogen-bond acceptors (Lipinski definition) is 9. The lowest BCUT2D eigenvalue weighted by atomic mass is 9.43. The van der Waals surface area contributed by atoms with Gasteiger partial charge < -0.3 is 46.4 Å². The quantitative estimate of drug-likeness (QED) is 0.0803. The number of amides is 2. The van der Waals surface area contributed by atoms with Crippen molar-refractivity contribution in [2.75, 3.05) is 6.54 Å². The van der Waals surface area contributed by atoms with Crippen molar-refractivity contribution in [2.45, 2.75) is 219 Å². The molecule has 12 heteroatoms. The standard InChI is InChI=1S/C54H90N2O10/c1-29(35-12-14-37-48-39(27-44(61)53(35,37)5)51(3)20-18-33(57)23-31(51)25-42(48)59)10-16-46(63)55-22-8-7-9-41(50(65)66)56-47(64)17-11-30(2)36-13-15-38-49-40(28-45(62)54(36,38)6)52(4)21-19-34(58)24-32(52)26-43(49)60/h29-45,48-49,57-62H,7-28H2,1-6H3,(H,55,63)(H,56,64)(H,65,66)/t29-,30-,31+,32+,33-,34-,35-,36-,37+,38+,39+,40+,41+,42-,43-,44+,45+,48+,49+,51+,52+,53-,54-/m1/s1. The smallest absolute Gasteiger partial charge is 0.326 e. The maximum atomic E-state index is 13.2. The largest absolute Gasteiger partial charge is 0.480 e. The molecule has 0 heterocycles. The van der Waals surface area contributed by atoms with Gasteiger partial charge in [-0.3, -0.25) is 9.59 Å². The maximum absolute atomic E-state index is 13.2. The van der Waals surface area contributed by atoms with Crippen LogP contribution in [0.3, 0.4) is 0 Å². The molecule has 0 aromatic carbocycles. The van der Waals surface area contributed by atoms with Crippen molar-refractivity contribution in [1.82, 2.24) is 10.6 Å². The second-order valence-electron chi connectivity index (χ2n) is 25.4. The molecule has 66 heavy (non-hydrogen) atoms. The minimum Gasteiger partial charge on any atom is -0.480 e. The summed E-state index contributed by atoms with van der Waals surface area (Å²) >= 11 is 0. The number of carbonyl (C=O) groups excluding carboxylic acids is 2. The molecular formula is C54H90N2O10. The van der Waals surface area contributed by atoms with Crippen LogP contribution in [0.5, 0.6) is 0 Å². The summed E-state index contributed by atoms with van der Waals surface area (Å²) in [6.07, 6.45) is 12.5. The Balaban J connectivity index is 0.750. The fraction of sp³-hybridized carbons (Fsp3) is 0.944. The van der Waals surface area contributed by atoms with Gasteiger partial charge >= 0.3 is 5.97 Å². The normalized spacial score (nSPS) is 48.5. The molecule has 0 bridgehead atoms. The van der Waals surface area contributed by atoms with E-state index in [1.54, 1.807) is 0 Å². The molecule has 0 aromatic rings. The molecule has 0 spiro atoms. The lowest BCUT2D eigenvalue weighted by Crippen LogP contribution is -2.62. The van der Waals surface area contributed by atoms with Gasteiger partial charge in [-0.2, -0.15) is 0 Å². The number of hydrogen-bond donors (Lipinski definition) is 9. The first kappa shape index (κ1) is 50.6. The third-order valence-corrected chi connectivity index (χ3v) is 22.6. The fourth-order valence-electron chi connectivity index (χ4n) is 18.7. The van der Waals surface area contributed by atoms with Gasteiger partial charge in [0.1, 0.15) is 6.04 Å². The number of carboxylic acids is 1. The third kappa shape index (κ3) is 8.85. The number of carboxylic acid groups (broad SMARTS) is 1. The Bertz CT molecular complexity index is 1750. The highest BCUT2D eigenvalue weighted by molar-refractivity contribution is 5.83. The SMILES string of the molecule is C[C@H](CCC(=O)NCCCC[C@H](NC(=O)CC[C@@H](C)[C@H]1CC[C@H]2[C@@H]3[C@H](O)C[C@@H]4C[C@H](O)CC[C@]4(C)[C@H]3C[C@H](O)[C@]12C)C(=O)O)[C@H]1CC[C@H]2[C@@H]3[C@H](O)C[C@@H]4C[C@H](O)CC[C@]4(C)[C@H]3C[C@H](O)[C@]12C. The zero-order chi connectivity index (χ0) is 47.7. The van der Waals surface area contributed by atoms with E-state index in [2.05, 4.69) is 52.2 Å². The summed E-state index contributed by atoms with van der Waals surface area (Å²) in [6.45, 7) is 14.0. The van der Waals surface area contributed by atoms with Crippen molar-refractivity contribution in [2.24, 2.45) is 92.7 Å². The average Bonchev–Trinajstić information content (AvgIpc) is 3.81. The number of aliphatic hydroxyl groups is 6. The molecule has 0 radical (unpaired) electrons. The fourth-order valence-corrected chi connectivity index (χ4v) is 18.7. The minimum absolute atomic E-state index is 0.0136. The van der Waals surface area contributed by atoms with Gasteiger partial charge in [-0.15, -0.1) is 0 Å². The van der Waals surface area contributed by atoms with E-state index >= 15 is 0 Å². The number of nitrogens with one attached hydrogen (secondary N) is 2. The van der Waals surface area contributed by atoms with E-state index in [9.17, 15) is 50.1 Å². The summed E-state index contributed by atoms with van der Waals surface area (Å²) in [6, 6.07) is -1.01. The number of aliphatic carboxylic acids is 1. The van der Waals surface area contributed by atoms with E-state index in [0.717, 1.165) is 70.6 Å². The molecule has 8 fully saturated rings. The molecular weight excluding hydrogens is 837 g/mol. The van der Waals surface area contributed by atoms with Crippen LogP contribution in [0.2, 0.25) is 0 Å². The highest BCUT2D eigenvalue weighted by Gasteiger charge is 2.67. The Morgan fingerprint density at radius 3 is 1.47 bits per heavy atom. The second-order valence-corrected chi connectivity index (χ2v) is 25.4. The Kier molecular flexibility index (Phi) is 14.9. The zero-order valence-electron chi connectivity index (χ0n) is 41.4. The van der Waals surface area contributed by atoms with Crippen LogP contribution in [0.25, 0.3) is 0 Å². The van der Waals surface area contributed by atoms with Gasteiger partial charge in [-0.1, -0.05) is 41.5 Å². The third-order valence-electron chi connectivity index (χ3n) is 22.6. The van der Waals surface area contributed by atoms with Gasteiger partial charge in [0, 0.05) is 19.4 Å². The number of carbonyl (C=O) groups is 3. The summed E-state index contributed by atoms with van der Waals surface area (Å²) in [4.78, 5) is 38.5. The molecule has 376 valence electrons. The van der Waals surface area contributed by atoms with Gasteiger partial charge in [0.05, 0.1) is 36.6 Å². The topological polar surface area (TPSA) is 217 Å². The van der Waals surface area contributed by atoms with Crippen LogP contribution >= 0.6 is 0 Å². The van der Waals surface area contributed by atoms with E-state index in [1.165, 1.54) is 0 Å². The summed E-state index contributed by atoms with van der Waals surface area (Å²) in [7, 11) is 0. The van der Waals surface area contributed by atoms with Crippen LogP contribution in [0, 0.1) is 92.7 Å². The number of fused-ring (bicyclic) bond motifs is 10. The molecule has 8 saturated carbocycles. The Morgan fingerprint density at radius 1 is 0.561 bits per heavy atom. The molecule has 8 aliphatic carbocycles. The van der Waals surface area contributed by atoms with Gasteiger partial charge in [-0.25, -0.2) is 4.79 Å². The Labute approximate surface area is 395 Å². The molecule has 8 aliphatic rings. The summed E-state index contributed by atoms with van der Waals surface area (Å²) in [5.41, 5.74) is -0.623. The molecule has 0 aromatic heterocycles. The first-order chi connectivity index (χ1) is 31.1. The predicted molar refractivity (Wildman–Crippen MR) is 251 cm³/mol. The lowest BCUT2D eigenvalue weighted by Gasteiger charge is -2.63. The van der Waals surface area contributed by atoms with E-state index in [1.807, 2.05) is 0 Å². The van der Waals surface area contributed by atoms with Crippen molar-refractivity contribution in [3.63, 3.8) is 0 Å². The van der Waals surface area contributed by atoms with Gasteiger partial charge in [0.2, 0.25) is 11.8 Å². The van der Waals surface area contributed by atoms with Crippen molar-refractivity contribution < 1.29 is 50.1 Å². The number of aliphatic hydroxyl groups excluding tert-OH is 6. The maximum Gasteiger partial charge on any atom is 0.326 e.